The number of aromatic amines is 1. The van der Waals surface area contributed by atoms with Crippen molar-refractivity contribution in [1.82, 2.24) is 9.55 Å². The van der Waals surface area contributed by atoms with Gasteiger partial charge in [-0.25, -0.2) is 0 Å². The number of imidazole rings is 1. The summed E-state index contributed by atoms with van der Waals surface area (Å²) in [5.74, 6) is 0. The van der Waals surface area contributed by atoms with E-state index in [2.05, 4.69) is 4.98 Å². The van der Waals surface area contributed by atoms with Crippen molar-refractivity contribution < 1.29 is 9.47 Å². The average molecular weight is 216 g/mol. The predicted molar refractivity (Wildman–Crippen MR) is 57.0 cm³/mol. The maximum absolute atomic E-state index is 5.35. The molecule has 0 saturated carbocycles. The molecule has 1 rings (SSSR count). The minimum Gasteiger partial charge on any atom is -0.382 e. The molecule has 0 radical (unpaired) electrons. The van der Waals surface area contributed by atoms with E-state index in [0.717, 1.165) is 17.0 Å². The van der Waals surface area contributed by atoms with Crippen molar-refractivity contribution in [1.29, 1.82) is 0 Å². The molecule has 5 heteroatoms. The second-order valence-electron chi connectivity index (χ2n) is 2.99. The van der Waals surface area contributed by atoms with E-state index >= 15 is 0 Å². The van der Waals surface area contributed by atoms with Gasteiger partial charge < -0.3 is 19.0 Å². The van der Waals surface area contributed by atoms with Crippen LogP contribution in [-0.4, -0.2) is 36.5 Å². The molecule has 1 heterocycles. The first-order valence-electron chi connectivity index (χ1n) is 4.57. The number of hydrogen-bond acceptors (Lipinski definition) is 3. The molecule has 0 saturated heterocycles. The van der Waals surface area contributed by atoms with Gasteiger partial charge in [-0.2, -0.15) is 0 Å². The van der Waals surface area contributed by atoms with Gasteiger partial charge in [0.25, 0.3) is 0 Å². The summed E-state index contributed by atoms with van der Waals surface area (Å²) >= 11 is 5.10. The van der Waals surface area contributed by atoms with Crippen molar-refractivity contribution in [2.75, 3.05) is 26.9 Å². The van der Waals surface area contributed by atoms with E-state index in [1.54, 1.807) is 7.11 Å². The summed E-state index contributed by atoms with van der Waals surface area (Å²) < 4.78 is 13.0. The van der Waals surface area contributed by atoms with Crippen LogP contribution in [0.3, 0.4) is 0 Å². The predicted octanol–water partition coefficient (Wildman–Crippen LogP) is 1.52. The summed E-state index contributed by atoms with van der Waals surface area (Å²) in [4.78, 5) is 2.99. The average Bonchev–Trinajstić information content (AvgIpc) is 2.48. The fourth-order valence-electron chi connectivity index (χ4n) is 1.16. The molecular weight excluding hydrogens is 200 g/mol. The van der Waals surface area contributed by atoms with E-state index in [0.29, 0.717) is 19.8 Å². The lowest BCUT2D eigenvalue weighted by atomic mass is 10.5. The number of H-pyrrole nitrogens is 1. The Balaban J connectivity index is 2.28. The number of aromatic nitrogens is 2. The maximum atomic E-state index is 5.35. The molecule has 0 aromatic carbocycles. The van der Waals surface area contributed by atoms with Crippen molar-refractivity contribution in [2.24, 2.45) is 0 Å². The molecule has 14 heavy (non-hydrogen) atoms. The van der Waals surface area contributed by atoms with Crippen LogP contribution in [0.25, 0.3) is 0 Å². The highest BCUT2D eigenvalue weighted by molar-refractivity contribution is 7.71. The zero-order valence-electron chi connectivity index (χ0n) is 8.58. The van der Waals surface area contributed by atoms with Crippen LogP contribution in [0.2, 0.25) is 0 Å². The summed E-state index contributed by atoms with van der Waals surface area (Å²) in [7, 11) is 1.66. The monoisotopic (exact) mass is 216 g/mol. The Labute approximate surface area is 88.8 Å². The van der Waals surface area contributed by atoms with E-state index in [9.17, 15) is 0 Å². The highest BCUT2D eigenvalue weighted by Gasteiger charge is 1.98. The summed E-state index contributed by atoms with van der Waals surface area (Å²) in [6.07, 6.45) is 1.90. The minimum absolute atomic E-state index is 0.632. The molecule has 0 aliphatic heterocycles. The Hall–Kier alpha value is -0.650. The number of ether oxygens (including phenoxy) is 2. The molecule has 0 fully saturated rings. The molecule has 0 spiro atoms. The third-order valence-corrected chi connectivity index (χ3v) is 2.30. The van der Waals surface area contributed by atoms with Crippen LogP contribution < -0.4 is 0 Å². The molecule has 80 valence electrons. The fourth-order valence-corrected chi connectivity index (χ4v) is 1.45. The number of hydrogen-bond donors (Lipinski definition) is 1. The first-order valence-corrected chi connectivity index (χ1v) is 4.98. The SMILES string of the molecule is COCCOCCn1c(C)c[nH]c1=S. The highest BCUT2D eigenvalue weighted by atomic mass is 32.1. The Kier molecular flexibility index (Phi) is 4.86. The molecule has 0 aliphatic rings. The fraction of sp³-hybridized carbons (Fsp3) is 0.667. The van der Waals surface area contributed by atoms with Gasteiger partial charge in [-0.1, -0.05) is 0 Å². The van der Waals surface area contributed by atoms with Gasteiger partial charge in [0.05, 0.1) is 19.8 Å². The summed E-state index contributed by atoms with van der Waals surface area (Å²) in [5, 5.41) is 0. The van der Waals surface area contributed by atoms with Gasteiger partial charge in [0, 0.05) is 25.5 Å². The largest absolute Gasteiger partial charge is 0.382 e. The van der Waals surface area contributed by atoms with E-state index in [4.69, 9.17) is 21.7 Å². The minimum atomic E-state index is 0.632. The quantitative estimate of drug-likeness (QED) is 0.579. The van der Waals surface area contributed by atoms with Crippen molar-refractivity contribution in [3.05, 3.63) is 16.7 Å². The molecule has 0 aliphatic carbocycles. The number of nitrogens with one attached hydrogen (secondary N) is 1. The lowest BCUT2D eigenvalue weighted by Crippen LogP contribution is -2.10. The molecule has 4 nitrogen and oxygen atoms in total. The Bertz CT molecular complexity index is 319. The van der Waals surface area contributed by atoms with Crippen molar-refractivity contribution in [3.8, 4) is 0 Å². The van der Waals surface area contributed by atoms with Gasteiger partial charge in [0.15, 0.2) is 4.77 Å². The smallest absolute Gasteiger partial charge is 0.177 e. The maximum Gasteiger partial charge on any atom is 0.177 e. The van der Waals surface area contributed by atoms with Crippen LogP contribution in [0.15, 0.2) is 6.20 Å². The van der Waals surface area contributed by atoms with Crippen LogP contribution in [0.5, 0.6) is 0 Å². The number of nitrogens with zero attached hydrogens (tertiary/aromatic N) is 1. The van der Waals surface area contributed by atoms with Crippen molar-refractivity contribution in [2.45, 2.75) is 13.5 Å². The zero-order valence-corrected chi connectivity index (χ0v) is 9.39. The molecule has 0 atom stereocenters. The molecule has 1 N–H and O–H groups in total. The van der Waals surface area contributed by atoms with Gasteiger partial charge in [-0.15, -0.1) is 0 Å². The standard InChI is InChI=1S/C9H16N2O2S/c1-8-7-10-9(14)11(8)3-4-13-6-5-12-2/h7H,3-6H2,1-2H3,(H,10,14). The summed E-state index contributed by atoms with van der Waals surface area (Å²) in [6.45, 7) is 4.74. The lowest BCUT2D eigenvalue weighted by molar-refractivity contribution is 0.0663. The normalized spacial score (nSPS) is 10.7. The third-order valence-electron chi connectivity index (χ3n) is 1.97. The van der Waals surface area contributed by atoms with Gasteiger partial charge in [-0.05, 0) is 19.1 Å². The van der Waals surface area contributed by atoms with E-state index < -0.39 is 0 Å². The summed E-state index contributed by atoms with van der Waals surface area (Å²) in [5.41, 5.74) is 1.13. The molecular formula is C9H16N2O2S. The highest BCUT2D eigenvalue weighted by Crippen LogP contribution is 1.99. The second-order valence-corrected chi connectivity index (χ2v) is 3.38. The Morgan fingerprint density at radius 3 is 2.79 bits per heavy atom. The first kappa shape index (κ1) is 11.4. The second kappa shape index (κ2) is 5.95. The summed E-state index contributed by atoms with van der Waals surface area (Å²) in [6, 6.07) is 0. The van der Waals surface area contributed by atoms with Crippen LogP contribution in [0, 0.1) is 11.7 Å². The Morgan fingerprint density at radius 2 is 2.21 bits per heavy atom. The van der Waals surface area contributed by atoms with Crippen LogP contribution in [0.1, 0.15) is 5.69 Å². The molecule has 0 amide bonds. The Morgan fingerprint density at radius 1 is 1.43 bits per heavy atom. The van der Waals surface area contributed by atoms with E-state index in [1.807, 2.05) is 17.7 Å². The van der Waals surface area contributed by atoms with Crippen LogP contribution in [0.4, 0.5) is 0 Å². The molecule has 0 bridgehead atoms. The zero-order chi connectivity index (χ0) is 10.4. The number of aryl methyl sites for hydroxylation is 1. The van der Waals surface area contributed by atoms with Gasteiger partial charge >= 0.3 is 0 Å². The van der Waals surface area contributed by atoms with Crippen molar-refractivity contribution >= 4 is 12.2 Å². The topological polar surface area (TPSA) is 39.2 Å². The van der Waals surface area contributed by atoms with Gasteiger partial charge in [-0.3, -0.25) is 0 Å². The number of methoxy groups -OCH3 is 1. The molecule has 1 aromatic heterocycles. The van der Waals surface area contributed by atoms with Crippen LogP contribution >= 0.6 is 12.2 Å². The number of rotatable bonds is 6. The van der Waals surface area contributed by atoms with Crippen LogP contribution in [-0.2, 0) is 16.0 Å². The van der Waals surface area contributed by atoms with Gasteiger partial charge in [0.2, 0.25) is 0 Å². The van der Waals surface area contributed by atoms with E-state index in [1.165, 1.54) is 0 Å². The van der Waals surface area contributed by atoms with E-state index in [-0.39, 0.29) is 0 Å². The van der Waals surface area contributed by atoms with Crippen molar-refractivity contribution in [3.63, 3.8) is 0 Å². The third kappa shape index (κ3) is 3.25. The van der Waals surface area contributed by atoms with Gasteiger partial charge in [0.1, 0.15) is 0 Å². The molecule has 0 unspecified atom stereocenters. The lowest BCUT2D eigenvalue weighted by Gasteiger charge is -2.06. The first-order chi connectivity index (χ1) is 6.75. The molecule has 1 aromatic rings.